The number of benzene rings is 16. The van der Waals surface area contributed by atoms with Crippen molar-refractivity contribution in [1.82, 2.24) is 9.13 Å². The summed E-state index contributed by atoms with van der Waals surface area (Å²) in [6.45, 7) is -0.480. The van der Waals surface area contributed by atoms with Gasteiger partial charge in [-0.05, 0) is 182 Å². The van der Waals surface area contributed by atoms with E-state index in [1.54, 1.807) is 0 Å². The molecule has 514 valence electrons. The molecule has 0 bridgehead atoms. The van der Waals surface area contributed by atoms with Crippen LogP contribution in [0.4, 0.5) is 17.1 Å². The number of para-hydroxylation sites is 7. The first-order valence-corrected chi connectivity index (χ1v) is 39.2. The molecule has 20 aromatic rings. The minimum atomic E-state index is -0.742. The molecule has 2 atom stereocenters. The Hall–Kier alpha value is -13.7. The van der Waals surface area contributed by atoms with E-state index >= 15 is 0 Å². The summed E-state index contributed by atoms with van der Waals surface area (Å²) in [5, 5.41) is 9.26. The lowest BCUT2D eigenvalue weighted by molar-refractivity contribution is 0.487. The first-order valence-electron chi connectivity index (χ1n) is 38.3. The highest BCUT2D eigenvalue weighted by Crippen LogP contribution is 2.58. The van der Waals surface area contributed by atoms with Crippen molar-refractivity contribution in [2.24, 2.45) is 0 Å². The molecule has 0 fully saturated rings. The number of furan rings is 2. The minimum Gasteiger partial charge on any atom is -0.458 e. The Morgan fingerprint density at radius 2 is 0.838 bits per heavy atom. The summed E-state index contributed by atoms with van der Waals surface area (Å²) >= 11 is 1.93. The molecule has 0 saturated heterocycles. The summed E-state index contributed by atoms with van der Waals surface area (Å²) < 4.78 is 25.8. The molecule has 0 radical (unpaired) electrons. The number of ether oxygens (including phenoxy) is 1. The van der Waals surface area contributed by atoms with Crippen molar-refractivity contribution in [1.29, 1.82) is 0 Å². The zero-order valence-electron chi connectivity index (χ0n) is 59.8. The van der Waals surface area contributed by atoms with Crippen molar-refractivity contribution < 1.29 is 13.6 Å². The molecule has 2 unspecified atom stereocenters. The summed E-state index contributed by atoms with van der Waals surface area (Å²) in [5.74, 6) is 1.37. The van der Waals surface area contributed by atoms with Gasteiger partial charge in [0, 0.05) is 98.7 Å². The van der Waals surface area contributed by atoms with Crippen LogP contribution in [-0.4, -0.2) is 22.6 Å². The molecule has 0 spiro atoms. The first kappa shape index (κ1) is 61.3. The summed E-state index contributed by atoms with van der Waals surface area (Å²) in [6, 6.07) is 129. The van der Waals surface area contributed by atoms with Crippen LogP contribution in [0.15, 0.2) is 383 Å². The van der Waals surface area contributed by atoms with Gasteiger partial charge in [-0.15, -0.1) is 0 Å². The van der Waals surface area contributed by atoms with Crippen molar-refractivity contribution in [3.8, 4) is 45.1 Å². The van der Waals surface area contributed by atoms with E-state index in [-0.39, 0.29) is 19.3 Å². The molecule has 0 amide bonds. The van der Waals surface area contributed by atoms with Crippen molar-refractivity contribution >= 4 is 168 Å². The van der Waals surface area contributed by atoms with Crippen LogP contribution in [0, 0.1) is 0 Å². The highest BCUT2D eigenvalue weighted by Gasteiger charge is 2.54. The quantitative estimate of drug-likeness (QED) is 0.142. The smallest absolute Gasteiger partial charge is 0.256 e. The maximum absolute atomic E-state index is 7.77. The van der Waals surface area contributed by atoms with Crippen LogP contribution in [0.5, 0.6) is 11.5 Å². The van der Waals surface area contributed by atoms with Crippen LogP contribution in [0.1, 0.15) is 28.2 Å². The number of fused-ring (bicyclic) bond motifs is 20. The zero-order valence-corrected chi connectivity index (χ0v) is 60.7. The van der Waals surface area contributed by atoms with Gasteiger partial charge < -0.3 is 27.6 Å². The maximum atomic E-state index is 7.77. The van der Waals surface area contributed by atoms with E-state index in [2.05, 4.69) is 372 Å². The molecule has 16 aromatic carbocycles. The second-order valence-corrected chi connectivity index (χ2v) is 31.5. The predicted molar refractivity (Wildman–Crippen MR) is 462 cm³/mol. The largest absolute Gasteiger partial charge is 0.458 e. The van der Waals surface area contributed by atoms with Crippen LogP contribution in [0.3, 0.4) is 0 Å². The lowest BCUT2D eigenvalue weighted by atomic mass is 9.29. The molecular formula is C102H61B2N3O3S. The highest BCUT2D eigenvalue weighted by molar-refractivity contribution is 8.00. The van der Waals surface area contributed by atoms with Crippen molar-refractivity contribution in [2.45, 2.75) is 21.1 Å². The third-order valence-corrected chi connectivity index (χ3v) is 26.0. The second-order valence-electron chi connectivity index (χ2n) is 30.4. The Morgan fingerprint density at radius 1 is 0.315 bits per heavy atom. The zero-order chi connectivity index (χ0) is 72.3. The van der Waals surface area contributed by atoms with Gasteiger partial charge >= 0.3 is 0 Å². The molecule has 9 heteroatoms. The van der Waals surface area contributed by atoms with Gasteiger partial charge in [0.1, 0.15) is 33.8 Å². The van der Waals surface area contributed by atoms with E-state index in [0.29, 0.717) is 0 Å². The van der Waals surface area contributed by atoms with E-state index in [1.165, 1.54) is 92.0 Å². The summed E-state index contributed by atoms with van der Waals surface area (Å²) in [6.07, 6.45) is 7.31. The topological polar surface area (TPSA) is 48.6 Å². The molecule has 111 heavy (non-hydrogen) atoms. The molecule has 25 rings (SSSR count). The van der Waals surface area contributed by atoms with E-state index < -0.39 is 5.41 Å². The monoisotopic (exact) mass is 1430 g/mol. The fourth-order valence-electron chi connectivity index (χ4n) is 20.2. The normalized spacial score (nSPS) is 15.7. The Bertz CT molecular complexity index is 7410. The minimum absolute atomic E-state index is 0.203. The van der Waals surface area contributed by atoms with Gasteiger partial charge in [0.05, 0.1) is 22.1 Å². The van der Waals surface area contributed by atoms with Gasteiger partial charge in [-0.2, -0.15) is 0 Å². The van der Waals surface area contributed by atoms with Crippen LogP contribution in [-0.2, 0) is 5.41 Å². The Labute approximate surface area is 643 Å². The standard InChI is InChI=1S/C102H61B2N3O3S/c1-4-23-61(24-5-1)80-35-22-50-102(80,66-25-6-2-7-26-66)99-78-59-89-84(60-83(78)104-82-47-45-69(107-87-38-18-12-31-72(87)73-32-13-19-39-88(73)107)58-97(82)111-98-56-64(53-79(99)100(98)104)62-42-48-93-76(51-62)74-33-14-20-40-91(74)108-93)103-81-46-44-68(106-85-36-16-10-29-70(85)71-30-11-17-37-86(71)106)57-95(81)110-96-55-65(54-90(101(96)103)105(89)67-27-8-3-9-28-67)63-43-49-94-77(52-63)75-34-15-21-41-92(75)109-94/h1-60,99H. The van der Waals surface area contributed by atoms with E-state index in [1.807, 2.05) is 17.8 Å². The van der Waals surface area contributed by atoms with Crippen LogP contribution < -0.4 is 42.4 Å². The van der Waals surface area contributed by atoms with Gasteiger partial charge in [-0.1, -0.05) is 271 Å². The molecule has 0 saturated carbocycles. The predicted octanol–water partition coefficient (Wildman–Crippen LogP) is 22.4. The van der Waals surface area contributed by atoms with E-state index in [9.17, 15) is 0 Å². The molecule has 4 aromatic heterocycles. The number of hydrogen-bond donors (Lipinski definition) is 0. The van der Waals surface area contributed by atoms with Crippen molar-refractivity contribution in [2.75, 3.05) is 4.90 Å². The molecule has 6 nitrogen and oxygen atoms in total. The summed E-state index contributed by atoms with van der Waals surface area (Å²) in [5.41, 5.74) is 30.9. The molecule has 0 N–H and O–H groups in total. The van der Waals surface area contributed by atoms with E-state index in [4.69, 9.17) is 13.6 Å². The van der Waals surface area contributed by atoms with E-state index in [0.717, 1.165) is 128 Å². The fraction of sp³-hybridized carbons (Fsp3) is 0.0196. The van der Waals surface area contributed by atoms with Crippen molar-refractivity contribution in [3.05, 3.63) is 386 Å². The highest BCUT2D eigenvalue weighted by atomic mass is 32.2. The third-order valence-electron chi connectivity index (χ3n) is 24.9. The number of anilines is 3. The second kappa shape index (κ2) is 23.2. The average Bonchev–Trinajstić information content (AvgIpc) is 1.50. The lowest BCUT2D eigenvalue weighted by Gasteiger charge is -2.48. The SMILES string of the molecule is C1=CC(c2ccccc2)(C2c3cc4c(cc3B3c5ccc(-n6c7ccccc7c7ccccc76)cc5Sc5cc(-c6ccc7oc8ccccc8c7c6)cc2c53)B2c3ccc(-n5c6ccccc6c6ccccc65)cc3Oc3cc(-c5ccc6oc7ccccc7c6c5)cc(c32)N4c2ccccc2)C(c2ccccc2)=C1. The van der Waals surface area contributed by atoms with Crippen LogP contribution in [0.25, 0.3) is 127 Å². The fourth-order valence-corrected chi connectivity index (χ4v) is 21.5. The number of nitrogens with zero attached hydrogens (tertiary/aromatic N) is 3. The van der Waals surface area contributed by atoms with Crippen LogP contribution in [0.2, 0.25) is 0 Å². The van der Waals surface area contributed by atoms with Gasteiger partial charge in [-0.3, -0.25) is 0 Å². The number of rotatable bonds is 8. The lowest BCUT2D eigenvalue weighted by Crippen LogP contribution is -2.65. The Kier molecular flexibility index (Phi) is 12.8. The number of allylic oxidation sites excluding steroid dienone is 4. The molecule has 1 aliphatic carbocycles. The molecule has 4 aliphatic heterocycles. The van der Waals surface area contributed by atoms with Gasteiger partial charge in [0.25, 0.3) is 6.71 Å². The Balaban J connectivity index is 0.801. The van der Waals surface area contributed by atoms with Gasteiger partial charge in [0.15, 0.2) is 0 Å². The first-order chi connectivity index (χ1) is 55.0. The third kappa shape index (κ3) is 8.72. The molecule has 8 heterocycles. The summed E-state index contributed by atoms with van der Waals surface area (Å²) in [7, 11) is 0. The number of aromatic nitrogens is 2. The molecule has 5 aliphatic rings. The maximum Gasteiger partial charge on any atom is 0.256 e. The van der Waals surface area contributed by atoms with Gasteiger partial charge in [-0.25, -0.2) is 0 Å². The van der Waals surface area contributed by atoms with Crippen LogP contribution >= 0.6 is 11.8 Å². The average molecular weight is 1430 g/mol. The Morgan fingerprint density at radius 3 is 1.46 bits per heavy atom. The molecular weight excluding hydrogens is 1370 g/mol. The van der Waals surface area contributed by atoms with Crippen molar-refractivity contribution in [3.63, 3.8) is 0 Å². The van der Waals surface area contributed by atoms with Gasteiger partial charge in [0.2, 0.25) is 6.71 Å². The number of hydrogen-bond acceptors (Lipinski definition) is 5. The summed E-state index contributed by atoms with van der Waals surface area (Å²) in [4.78, 5) is 5.07.